The van der Waals surface area contributed by atoms with Crippen LogP contribution in [0.5, 0.6) is 0 Å². The Morgan fingerprint density at radius 3 is 2.04 bits per heavy atom. The van der Waals surface area contributed by atoms with Gasteiger partial charge in [-0.3, -0.25) is 9.97 Å². The molecule has 0 atom stereocenters. The van der Waals surface area contributed by atoms with E-state index in [1.807, 2.05) is 20.0 Å². The van der Waals surface area contributed by atoms with Gasteiger partial charge in [-0.15, -0.1) is 0 Å². The molecule has 2 nitrogen and oxygen atoms in total. The summed E-state index contributed by atoms with van der Waals surface area (Å²) in [6.45, 7) is 4.06. The summed E-state index contributed by atoms with van der Waals surface area (Å²) in [4.78, 5) is 9.08. The largest absolute Gasteiger partial charge is 0.258 e. The van der Waals surface area contributed by atoms with Crippen molar-refractivity contribution in [2.75, 3.05) is 0 Å². The minimum absolute atomic E-state index is 1.03. The van der Waals surface area contributed by atoms with Crippen LogP contribution in [-0.2, 0) is 12.8 Å². The average Bonchev–Trinajstić information content (AvgIpc) is 2.62. The maximum absolute atomic E-state index is 4.65. The maximum atomic E-state index is 4.65. The van der Waals surface area contributed by atoms with E-state index >= 15 is 0 Å². The molecular weight excluding hydrogens is 304 g/mol. The highest BCUT2D eigenvalue weighted by atomic mass is 14.7. The van der Waals surface area contributed by atoms with Crippen molar-refractivity contribution in [3.63, 3.8) is 0 Å². The standard InChI is InChI=1S/C23H26N2/c1-18-15-22(16-19(2)25-18)23-14-13-21(17-24-23)12-8-4-7-11-20-9-5-3-6-10-20/h3,5-6,9-10,13-17H,4,7-8,11-12H2,1-2H3. The van der Waals surface area contributed by atoms with Gasteiger partial charge in [-0.25, -0.2) is 0 Å². The highest BCUT2D eigenvalue weighted by molar-refractivity contribution is 5.59. The summed E-state index contributed by atoms with van der Waals surface area (Å²) in [5, 5.41) is 0. The van der Waals surface area contributed by atoms with Gasteiger partial charge in [0.25, 0.3) is 0 Å². The number of pyridine rings is 2. The van der Waals surface area contributed by atoms with Crippen LogP contribution in [0.25, 0.3) is 11.3 Å². The third kappa shape index (κ3) is 5.25. The lowest BCUT2D eigenvalue weighted by Gasteiger charge is -2.06. The van der Waals surface area contributed by atoms with Crippen LogP contribution in [0.3, 0.4) is 0 Å². The first-order valence-corrected chi connectivity index (χ1v) is 9.15. The molecule has 0 fully saturated rings. The summed E-state index contributed by atoms with van der Waals surface area (Å²) in [5.74, 6) is 0. The molecule has 3 rings (SSSR count). The van der Waals surface area contributed by atoms with E-state index in [0.29, 0.717) is 0 Å². The second-order valence-corrected chi connectivity index (χ2v) is 6.74. The van der Waals surface area contributed by atoms with Crippen LogP contribution in [0, 0.1) is 13.8 Å². The minimum Gasteiger partial charge on any atom is -0.258 e. The Hall–Kier alpha value is -2.48. The second kappa shape index (κ2) is 8.57. The van der Waals surface area contributed by atoms with Crippen molar-refractivity contribution < 1.29 is 0 Å². The van der Waals surface area contributed by atoms with E-state index in [2.05, 4.69) is 64.6 Å². The molecule has 0 saturated carbocycles. The van der Waals surface area contributed by atoms with Crippen molar-refractivity contribution in [3.05, 3.63) is 83.3 Å². The zero-order valence-electron chi connectivity index (χ0n) is 15.2. The average molecular weight is 330 g/mol. The van der Waals surface area contributed by atoms with Gasteiger partial charge in [-0.2, -0.15) is 0 Å². The van der Waals surface area contributed by atoms with Crippen LogP contribution in [-0.4, -0.2) is 9.97 Å². The Bertz CT molecular complexity index is 772. The lowest BCUT2D eigenvalue weighted by Crippen LogP contribution is -1.93. The quantitative estimate of drug-likeness (QED) is 0.518. The SMILES string of the molecule is Cc1cc(-c2ccc(CCCCCc3ccccc3)cn2)cc(C)n1. The van der Waals surface area contributed by atoms with Gasteiger partial charge in [0.05, 0.1) is 5.69 Å². The first-order chi connectivity index (χ1) is 12.2. The smallest absolute Gasteiger partial charge is 0.0703 e. The Labute approximate surface area is 151 Å². The molecule has 3 aromatic rings. The molecule has 0 aliphatic carbocycles. The van der Waals surface area contributed by atoms with Crippen molar-refractivity contribution in [3.8, 4) is 11.3 Å². The Morgan fingerprint density at radius 2 is 1.40 bits per heavy atom. The van der Waals surface area contributed by atoms with Crippen LogP contribution in [0.1, 0.15) is 41.8 Å². The van der Waals surface area contributed by atoms with Gasteiger partial charge in [0, 0.05) is 23.1 Å². The first-order valence-electron chi connectivity index (χ1n) is 9.15. The van der Waals surface area contributed by atoms with Crippen LogP contribution in [0.2, 0.25) is 0 Å². The number of rotatable bonds is 7. The number of benzene rings is 1. The van der Waals surface area contributed by atoms with Gasteiger partial charge in [-0.1, -0.05) is 42.8 Å². The number of hydrogen-bond donors (Lipinski definition) is 0. The van der Waals surface area contributed by atoms with Gasteiger partial charge in [0.2, 0.25) is 0 Å². The normalized spacial score (nSPS) is 10.8. The van der Waals surface area contributed by atoms with Crippen molar-refractivity contribution >= 4 is 0 Å². The van der Waals surface area contributed by atoms with Gasteiger partial charge in [0.1, 0.15) is 0 Å². The number of hydrogen-bond acceptors (Lipinski definition) is 2. The fourth-order valence-corrected chi connectivity index (χ4v) is 3.21. The summed E-state index contributed by atoms with van der Waals surface area (Å²) in [6.07, 6.45) is 8.05. The maximum Gasteiger partial charge on any atom is 0.0703 e. The van der Waals surface area contributed by atoms with E-state index in [-0.39, 0.29) is 0 Å². The number of aromatic nitrogens is 2. The molecule has 0 spiro atoms. The van der Waals surface area contributed by atoms with Crippen molar-refractivity contribution in [2.45, 2.75) is 46.0 Å². The molecule has 0 radical (unpaired) electrons. The fourth-order valence-electron chi connectivity index (χ4n) is 3.21. The van der Waals surface area contributed by atoms with Crippen molar-refractivity contribution in [2.24, 2.45) is 0 Å². The second-order valence-electron chi connectivity index (χ2n) is 6.74. The molecule has 0 N–H and O–H groups in total. The molecule has 0 bridgehead atoms. The van der Waals surface area contributed by atoms with E-state index in [4.69, 9.17) is 0 Å². The molecule has 2 aromatic heterocycles. The van der Waals surface area contributed by atoms with E-state index in [1.165, 1.54) is 36.8 Å². The summed E-state index contributed by atoms with van der Waals surface area (Å²) in [7, 11) is 0. The Morgan fingerprint density at radius 1 is 0.720 bits per heavy atom. The molecular formula is C23H26N2. The van der Waals surface area contributed by atoms with Crippen LogP contribution in [0.4, 0.5) is 0 Å². The highest BCUT2D eigenvalue weighted by Gasteiger charge is 2.03. The summed E-state index contributed by atoms with van der Waals surface area (Å²) >= 11 is 0. The van der Waals surface area contributed by atoms with Crippen molar-refractivity contribution in [1.29, 1.82) is 0 Å². The molecule has 0 amide bonds. The van der Waals surface area contributed by atoms with E-state index in [1.54, 1.807) is 0 Å². The fraction of sp³-hybridized carbons (Fsp3) is 0.304. The molecule has 25 heavy (non-hydrogen) atoms. The molecule has 0 aliphatic heterocycles. The number of nitrogens with zero attached hydrogens (tertiary/aromatic N) is 2. The molecule has 128 valence electrons. The lowest BCUT2D eigenvalue weighted by atomic mass is 10.0. The summed E-state index contributed by atoms with van der Waals surface area (Å²) in [6, 6.07) is 19.3. The number of aryl methyl sites for hydroxylation is 4. The first kappa shape index (κ1) is 17.3. The predicted molar refractivity (Wildman–Crippen MR) is 105 cm³/mol. The summed E-state index contributed by atoms with van der Waals surface area (Å²) in [5.41, 5.74) is 7.03. The van der Waals surface area contributed by atoms with Crippen LogP contribution < -0.4 is 0 Å². The van der Waals surface area contributed by atoms with Gasteiger partial charge < -0.3 is 0 Å². The highest BCUT2D eigenvalue weighted by Crippen LogP contribution is 2.19. The Kier molecular flexibility index (Phi) is 5.95. The monoisotopic (exact) mass is 330 g/mol. The van der Waals surface area contributed by atoms with Gasteiger partial charge in [0.15, 0.2) is 0 Å². The van der Waals surface area contributed by atoms with Crippen LogP contribution >= 0.6 is 0 Å². The predicted octanol–water partition coefficient (Wildman–Crippen LogP) is 5.72. The lowest BCUT2D eigenvalue weighted by molar-refractivity contribution is 0.677. The molecule has 2 heterocycles. The number of unbranched alkanes of at least 4 members (excludes halogenated alkanes) is 2. The molecule has 1 aromatic carbocycles. The Balaban J connectivity index is 1.48. The minimum atomic E-state index is 1.03. The zero-order chi connectivity index (χ0) is 17.5. The van der Waals surface area contributed by atoms with E-state index < -0.39 is 0 Å². The molecule has 0 unspecified atom stereocenters. The van der Waals surface area contributed by atoms with E-state index in [9.17, 15) is 0 Å². The van der Waals surface area contributed by atoms with E-state index in [0.717, 1.165) is 29.1 Å². The van der Waals surface area contributed by atoms with Crippen molar-refractivity contribution in [1.82, 2.24) is 9.97 Å². The van der Waals surface area contributed by atoms with Crippen LogP contribution in [0.15, 0.2) is 60.8 Å². The van der Waals surface area contributed by atoms with Gasteiger partial charge >= 0.3 is 0 Å². The molecule has 0 aliphatic rings. The van der Waals surface area contributed by atoms with Gasteiger partial charge in [-0.05, 0) is 68.9 Å². The molecule has 2 heteroatoms. The topological polar surface area (TPSA) is 25.8 Å². The third-order valence-corrected chi connectivity index (χ3v) is 4.48. The summed E-state index contributed by atoms with van der Waals surface area (Å²) < 4.78 is 0. The molecule has 0 saturated heterocycles. The zero-order valence-corrected chi connectivity index (χ0v) is 15.2. The third-order valence-electron chi connectivity index (χ3n) is 4.48.